The zero-order valence-electron chi connectivity index (χ0n) is 8.25. The minimum atomic E-state index is -0.745. The summed E-state index contributed by atoms with van der Waals surface area (Å²) in [5.74, 6) is -0.745. The van der Waals surface area contributed by atoms with E-state index in [-0.39, 0.29) is 11.8 Å². The number of nitrogens with one attached hydrogen (secondary N) is 1. The van der Waals surface area contributed by atoms with Crippen molar-refractivity contribution in [3.05, 3.63) is 0 Å². The highest BCUT2D eigenvalue weighted by Crippen LogP contribution is 2.47. The van der Waals surface area contributed by atoms with Crippen molar-refractivity contribution >= 4 is 5.97 Å². The Kier molecular flexibility index (Phi) is 3.90. The van der Waals surface area contributed by atoms with Gasteiger partial charge in [-0.3, -0.25) is 4.79 Å². The van der Waals surface area contributed by atoms with Gasteiger partial charge in [-0.05, 0) is 31.2 Å². The molecule has 14 heavy (non-hydrogen) atoms. The van der Waals surface area contributed by atoms with Crippen LogP contribution in [0.3, 0.4) is 0 Å². The van der Waals surface area contributed by atoms with Crippen molar-refractivity contribution < 1.29 is 9.90 Å². The summed E-state index contributed by atoms with van der Waals surface area (Å²) in [6, 6.07) is 2.20. The summed E-state index contributed by atoms with van der Waals surface area (Å²) >= 11 is 0. The fourth-order valence-corrected chi connectivity index (χ4v) is 1.48. The highest BCUT2D eigenvalue weighted by molar-refractivity contribution is 5.66. The molecule has 0 aliphatic heterocycles. The van der Waals surface area contributed by atoms with Crippen LogP contribution in [0.25, 0.3) is 0 Å². The van der Waals surface area contributed by atoms with Crippen LogP contribution in [-0.2, 0) is 4.79 Å². The summed E-state index contributed by atoms with van der Waals surface area (Å²) in [5.41, 5.74) is 0.220. The Morgan fingerprint density at radius 3 is 2.79 bits per heavy atom. The zero-order chi connectivity index (χ0) is 10.4. The summed E-state index contributed by atoms with van der Waals surface area (Å²) in [7, 11) is 0. The molecule has 0 heterocycles. The Hall–Kier alpha value is -1.08. The van der Waals surface area contributed by atoms with Crippen molar-refractivity contribution in [2.24, 2.45) is 5.41 Å². The molecule has 0 bridgehead atoms. The molecule has 0 saturated heterocycles. The van der Waals surface area contributed by atoms with Crippen molar-refractivity contribution in [2.75, 3.05) is 13.1 Å². The first-order chi connectivity index (χ1) is 6.68. The van der Waals surface area contributed by atoms with Crippen molar-refractivity contribution in [2.45, 2.75) is 32.1 Å². The molecule has 2 N–H and O–H groups in total. The van der Waals surface area contributed by atoms with Crippen molar-refractivity contribution in [1.82, 2.24) is 5.32 Å². The molecule has 0 amide bonds. The van der Waals surface area contributed by atoms with Gasteiger partial charge >= 0.3 is 5.97 Å². The van der Waals surface area contributed by atoms with E-state index in [1.807, 2.05) is 0 Å². The van der Waals surface area contributed by atoms with E-state index in [0.717, 1.165) is 25.9 Å². The van der Waals surface area contributed by atoms with Crippen LogP contribution in [-0.4, -0.2) is 24.2 Å². The van der Waals surface area contributed by atoms with E-state index < -0.39 is 5.97 Å². The molecular weight excluding hydrogens is 180 g/mol. The van der Waals surface area contributed by atoms with Crippen LogP contribution < -0.4 is 5.32 Å². The molecule has 0 unspecified atom stereocenters. The van der Waals surface area contributed by atoms with Crippen molar-refractivity contribution in [1.29, 1.82) is 5.26 Å². The normalized spacial score (nSPS) is 17.4. The minimum Gasteiger partial charge on any atom is -0.481 e. The topological polar surface area (TPSA) is 73.1 Å². The van der Waals surface area contributed by atoms with Crippen LogP contribution in [0.2, 0.25) is 0 Å². The number of carbonyl (C=O) groups is 1. The SMILES string of the molecule is N#CCC1(CNCCCC(=O)O)CC1. The third-order valence-electron chi connectivity index (χ3n) is 2.66. The van der Waals surface area contributed by atoms with Gasteiger partial charge in [0.15, 0.2) is 0 Å². The lowest BCUT2D eigenvalue weighted by atomic mass is 10.0. The first kappa shape index (κ1) is 11.0. The van der Waals surface area contributed by atoms with E-state index in [1.165, 1.54) is 0 Å². The number of nitriles is 1. The number of carboxylic acid groups (broad SMARTS) is 1. The second-order valence-electron chi connectivity index (χ2n) is 4.01. The molecule has 78 valence electrons. The van der Waals surface area contributed by atoms with Gasteiger partial charge in [-0.1, -0.05) is 0 Å². The Morgan fingerprint density at radius 1 is 1.57 bits per heavy atom. The Morgan fingerprint density at radius 2 is 2.29 bits per heavy atom. The first-order valence-corrected chi connectivity index (χ1v) is 4.98. The van der Waals surface area contributed by atoms with Gasteiger partial charge < -0.3 is 10.4 Å². The average molecular weight is 196 g/mol. The molecule has 0 aromatic rings. The molecule has 1 rings (SSSR count). The first-order valence-electron chi connectivity index (χ1n) is 4.98. The number of aliphatic carboxylic acids is 1. The van der Waals surface area contributed by atoms with Crippen molar-refractivity contribution in [3.63, 3.8) is 0 Å². The van der Waals surface area contributed by atoms with E-state index in [2.05, 4.69) is 11.4 Å². The van der Waals surface area contributed by atoms with Gasteiger partial charge in [0.1, 0.15) is 0 Å². The number of hydrogen-bond acceptors (Lipinski definition) is 3. The maximum absolute atomic E-state index is 10.2. The predicted molar refractivity (Wildman–Crippen MR) is 51.6 cm³/mol. The molecule has 0 radical (unpaired) electrons. The summed E-state index contributed by atoms with van der Waals surface area (Å²) < 4.78 is 0. The minimum absolute atomic E-state index is 0.220. The number of hydrogen-bond donors (Lipinski definition) is 2. The van der Waals surface area contributed by atoms with Crippen LogP contribution in [0, 0.1) is 16.7 Å². The molecular formula is C10H16N2O2. The molecule has 1 saturated carbocycles. The van der Waals surface area contributed by atoms with Crippen LogP contribution in [0.1, 0.15) is 32.1 Å². The molecule has 1 fully saturated rings. The van der Waals surface area contributed by atoms with E-state index in [1.54, 1.807) is 0 Å². The maximum atomic E-state index is 10.2. The number of nitrogens with zero attached hydrogens (tertiary/aromatic N) is 1. The molecule has 4 nitrogen and oxygen atoms in total. The zero-order valence-corrected chi connectivity index (χ0v) is 8.25. The van der Waals surface area contributed by atoms with E-state index in [0.29, 0.717) is 12.8 Å². The van der Waals surface area contributed by atoms with Crippen LogP contribution in [0.15, 0.2) is 0 Å². The molecule has 0 aromatic carbocycles. The van der Waals surface area contributed by atoms with Gasteiger partial charge in [-0.15, -0.1) is 0 Å². The summed E-state index contributed by atoms with van der Waals surface area (Å²) in [6.07, 6.45) is 3.77. The molecule has 0 spiro atoms. The van der Waals surface area contributed by atoms with Gasteiger partial charge in [0.05, 0.1) is 6.07 Å². The van der Waals surface area contributed by atoms with E-state index in [9.17, 15) is 4.79 Å². The summed E-state index contributed by atoms with van der Waals surface area (Å²) in [4.78, 5) is 10.2. The highest BCUT2D eigenvalue weighted by Gasteiger charge is 2.41. The Labute approximate surface area is 83.9 Å². The molecule has 1 aliphatic carbocycles. The quantitative estimate of drug-likeness (QED) is 0.599. The van der Waals surface area contributed by atoms with Crippen molar-refractivity contribution in [3.8, 4) is 6.07 Å². The van der Waals surface area contributed by atoms with Gasteiger partial charge in [0.25, 0.3) is 0 Å². The second-order valence-corrected chi connectivity index (χ2v) is 4.01. The van der Waals surface area contributed by atoms with Gasteiger partial charge in [-0.25, -0.2) is 0 Å². The second kappa shape index (κ2) is 4.97. The lowest BCUT2D eigenvalue weighted by Crippen LogP contribution is -2.25. The Balaban J connectivity index is 1.99. The largest absolute Gasteiger partial charge is 0.481 e. The molecule has 0 aromatic heterocycles. The average Bonchev–Trinajstić information content (AvgIpc) is 2.85. The van der Waals surface area contributed by atoms with Gasteiger partial charge in [-0.2, -0.15) is 5.26 Å². The standard InChI is InChI=1S/C10H16N2O2/c11-6-5-10(3-4-10)8-12-7-1-2-9(13)14/h12H,1-5,7-8H2,(H,13,14). The van der Waals surface area contributed by atoms with Gasteiger partial charge in [0, 0.05) is 19.4 Å². The summed E-state index contributed by atoms with van der Waals surface area (Å²) in [6.45, 7) is 1.60. The van der Waals surface area contributed by atoms with E-state index in [4.69, 9.17) is 10.4 Å². The Bertz CT molecular complexity index is 241. The summed E-state index contributed by atoms with van der Waals surface area (Å²) in [5, 5.41) is 20.2. The molecule has 1 aliphatic rings. The molecule has 4 heteroatoms. The highest BCUT2D eigenvalue weighted by atomic mass is 16.4. The maximum Gasteiger partial charge on any atom is 0.303 e. The van der Waals surface area contributed by atoms with E-state index >= 15 is 0 Å². The van der Waals surface area contributed by atoms with Gasteiger partial charge in [0.2, 0.25) is 0 Å². The number of rotatable bonds is 7. The van der Waals surface area contributed by atoms with Crippen LogP contribution >= 0.6 is 0 Å². The molecule has 0 atom stereocenters. The monoisotopic (exact) mass is 196 g/mol. The fourth-order valence-electron chi connectivity index (χ4n) is 1.48. The third kappa shape index (κ3) is 3.75. The lowest BCUT2D eigenvalue weighted by Gasteiger charge is -2.11. The number of carboxylic acids is 1. The smallest absolute Gasteiger partial charge is 0.303 e. The predicted octanol–water partition coefficient (Wildman–Crippen LogP) is 1.13. The van der Waals surface area contributed by atoms with Crippen LogP contribution in [0.4, 0.5) is 0 Å². The lowest BCUT2D eigenvalue weighted by molar-refractivity contribution is -0.137. The van der Waals surface area contributed by atoms with Crippen LogP contribution in [0.5, 0.6) is 0 Å². The third-order valence-corrected chi connectivity index (χ3v) is 2.66. The fraction of sp³-hybridized carbons (Fsp3) is 0.800.